The van der Waals surface area contributed by atoms with E-state index in [1.54, 1.807) is 30.3 Å². The normalized spacial score (nSPS) is 19.8. The monoisotopic (exact) mass is 484 g/mol. The van der Waals surface area contributed by atoms with Gasteiger partial charge in [-0.3, -0.25) is 4.79 Å². The molecule has 1 N–H and O–H groups in total. The smallest absolute Gasteiger partial charge is 0.241 e. The summed E-state index contributed by atoms with van der Waals surface area (Å²) in [6.07, 6.45) is 4.24. The van der Waals surface area contributed by atoms with Gasteiger partial charge in [-0.25, -0.2) is 8.42 Å². The van der Waals surface area contributed by atoms with Crippen LogP contribution in [0.4, 0.5) is 0 Å². The number of hydrogen-bond acceptors (Lipinski definition) is 5. The summed E-state index contributed by atoms with van der Waals surface area (Å²) >= 11 is 0. The van der Waals surface area contributed by atoms with Crippen LogP contribution >= 0.6 is 0 Å². The van der Waals surface area contributed by atoms with E-state index < -0.39 is 16.1 Å². The highest BCUT2D eigenvalue weighted by Gasteiger charge is 2.45. The van der Waals surface area contributed by atoms with Gasteiger partial charge in [-0.1, -0.05) is 44.9 Å². The zero-order valence-electron chi connectivity index (χ0n) is 19.7. The highest BCUT2D eigenvalue weighted by molar-refractivity contribution is 7.89. The molecule has 2 heterocycles. The second kappa shape index (κ2) is 8.89. The molecule has 3 aliphatic rings. The van der Waals surface area contributed by atoms with E-state index >= 15 is 0 Å². The number of carbonyl (C=O) groups is 1. The van der Waals surface area contributed by atoms with Crippen LogP contribution in [0.5, 0.6) is 11.5 Å². The quantitative estimate of drug-likeness (QED) is 0.701. The maximum absolute atomic E-state index is 13.8. The van der Waals surface area contributed by atoms with Crippen LogP contribution < -0.4 is 14.2 Å². The van der Waals surface area contributed by atoms with Gasteiger partial charge in [-0.05, 0) is 54.2 Å². The largest absolute Gasteiger partial charge is 0.486 e. The Bertz CT molecular complexity index is 1170. The third-order valence-corrected chi connectivity index (χ3v) is 8.79. The molecule has 1 aliphatic carbocycles. The second-order valence-corrected chi connectivity index (χ2v) is 11.7. The first-order valence-corrected chi connectivity index (χ1v) is 13.6. The summed E-state index contributed by atoms with van der Waals surface area (Å²) in [5.74, 6) is 1.12. The average Bonchev–Trinajstić information content (AvgIpc) is 3.30. The van der Waals surface area contributed by atoms with Gasteiger partial charge in [-0.15, -0.1) is 0 Å². The molecule has 1 spiro atoms. The fourth-order valence-corrected chi connectivity index (χ4v) is 6.96. The SMILES string of the molecule is CC(C)C(NS(=O)(=O)c1ccccc1)C(=O)N1Cc2cc3c(cc2C2(CCCC2)C1)OCCO3. The van der Waals surface area contributed by atoms with Gasteiger partial charge in [0.15, 0.2) is 11.5 Å². The summed E-state index contributed by atoms with van der Waals surface area (Å²) in [5.41, 5.74) is 2.20. The molecule has 34 heavy (non-hydrogen) atoms. The number of nitrogens with zero attached hydrogens (tertiary/aromatic N) is 1. The highest BCUT2D eigenvalue weighted by Crippen LogP contribution is 2.49. The molecule has 7 nitrogen and oxygen atoms in total. The molecule has 1 unspecified atom stereocenters. The minimum absolute atomic E-state index is 0.126. The van der Waals surface area contributed by atoms with Crippen molar-refractivity contribution in [2.24, 2.45) is 5.92 Å². The third-order valence-electron chi connectivity index (χ3n) is 7.33. The standard InChI is InChI=1S/C26H32N2O5S/c1-18(2)24(27-34(30,31)20-8-4-3-5-9-20)25(29)28-16-19-14-22-23(33-13-12-32-22)15-21(19)26(17-28)10-6-7-11-26/h3-5,8-9,14-15,18,24,27H,6-7,10-13,16-17H2,1-2H3. The summed E-state index contributed by atoms with van der Waals surface area (Å²) in [6.45, 7) is 5.83. The molecule has 8 heteroatoms. The van der Waals surface area contributed by atoms with Crippen molar-refractivity contribution in [3.05, 3.63) is 53.6 Å². The van der Waals surface area contributed by atoms with E-state index in [1.165, 1.54) is 5.56 Å². The van der Waals surface area contributed by atoms with Crippen molar-refractivity contribution in [1.29, 1.82) is 0 Å². The number of sulfonamides is 1. The number of carbonyl (C=O) groups excluding carboxylic acids is 1. The van der Waals surface area contributed by atoms with Crippen molar-refractivity contribution in [2.75, 3.05) is 19.8 Å². The molecule has 0 bridgehead atoms. The first-order chi connectivity index (χ1) is 16.3. The van der Waals surface area contributed by atoms with Crippen molar-refractivity contribution in [1.82, 2.24) is 9.62 Å². The zero-order chi connectivity index (χ0) is 23.9. The summed E-state index contributed by atoms with van der Waals surface area (Å²) in [5, 5.41) is 0. The van der Waals surface area contributed by atoms with Crippen molar-refractivity contribution in [2.45, 2.75) is 62.4 Å². The minimum atomic E-state index is -3.82. The first kappa shape index (κ1) is 23.2. The molecule has 2 aromatic rings. The Hall–Kier alpha value is -2.58. The predicted molar refractivity (Wildman–Crippen MR) is 128 cm³/mol. The van der Waals surface area contributed by atoms with E-state index in [0.717, 1.165) is 42.7 Å². The molecular weight excluding hydrogens is 452 g/mol. The number of ether oxygens (including phenoxy) is 2. The molecule has 1 atom stereocenters. The molecule has 1 amide bonds. The lowest BCUT2D eigenvalue weighted by Gasteiger charge is -2.44. The molecule has 2 aromatic carbocycles. The molecule has 0 aromatic heterocycles. The van der Waals surface area contributed by atoms with E-state index in [-0.39, 0.29) is 22.1 Å². The van der Waals surface area contributed by atoms with Crippen LogP contribution in [0.15, 0.2) is 47.4 Å². The second-order valence-electron chi connectivity index (χ2n) is 9.99. The summed E-state index contributed by atoms with van der Waals surface area (Å²) in [4.78, 5) is 15.8. The molecular formula is C26H32N2O5S. The van der Waals surface area contributed by atoms with Gasteiger partial charge in [0.25, 0.3) is 0 Å². The van der Waals surface area contributed by atoms with Crippen molar-refractivity contribution < 1.29 is 22.7 Å². The van der Waals surface area contributed by atoms with Crippen LogP contribution in [0.3, 0.4) is 0 Å². The van der Waals surface area contributed by atoms with E-state index in [9.17, 15) is 13.2 Å². The van der Waals surface area contributed by atoms with Crippen molar-refractivity contribution in [3.63, 3.8) is 0 Å². The van der Waals surface area contributed by atoms with Gasteiger partial charge >= 0.3 is 0 Å². The Labute approximate surface area is 201 Å². The van der Waals surface area contributed by atoms with Gasteiger partial charge in [0, 0.05) is 18.5 Å². The zero-order valence-corrected chi connectivity index (χ0v) is 20.6. The fourth-order valence-electron chi connectivity index (χ4n) is 5.61. The van der Waals surface area contributed by atoms with Crippen LogP contribution in [-0.2, 0) is 26.8 Å². The molecule has 0 radical (unpaired) electrons. The Morgan fingerprint density at radius 3 is 2.32 bits per heavy atom. The van der Waals surface area contributed by atoms with Gasteiger partial charge in [0.1, 0.15) is 19.3 Å². The topological polar surface area (TPSA) is 84.9 Å². The van der Waals surface area contributed by atoms with Crippen LogP contribution in [0.1, 0.15) is 50.7 Å². The first-order valence-electron chi connectivity index (χ1n) is 12.1. The number of fused-ring (bicyclic) bond motifs is 3. The Morgan fingerprint density at radius 1 is 1.03 bits per heavy atom. The van der Waals surface area contributed by atoms with E-state index in [2.05, 4.69) is 10.8 Å². The lowest BCUT2D eigenvalue weighted by atomic mass is 9.73. The van der Waals surface area contributed by atoms with Gasteiger partial charge in [-0.2, -0.15) is 4.72 Å². The fraction of sp³-hybridized carbons (Fsp3) is 0.500. The Morgan fingerprint density at radius 2 is 1.68 bits per heavy atom. The predicted octanol–water partition coefficient (Wildman–Crippen LogP) is 3.61. The molecule has 182 valence electrons. The summed E-state index contributed by atoms with van der Waals surface area (Å²) in [6, 6.07) is 11.5. The molecule has 0 saturated heterocycles. The maximum Gasteiger partial charge on any atom is 0.241 e. The molecule has 1 saturated carbocycles. The van der Waals surface area contributed by atoms with E-state index in [1.807, 2.05) is 24.8 Å². The number of benzene rings is 2. The number of nitrogens with one attached hydrogen (secondary N) is 1. The third kappa shape index (κ3) is 4.18. The molecule has 1 fully saturated rings. The van der Waals surface area contributed by atoms with Crippen LogP contribution in [-0.4, -0.2) is 45.0 Å². The average molecular weight is 485 g/mol. The van der Waals surface area contributed by atoms with Crippen LogP contribution in [0, 0.1) is 5.92 Å². The highest BCUT2D eigenvalue weighted by atomic mass is 32.2. The lowest BCUT2D eigenvalue weighted by molar-refractivity contribution is -0.136. The maximum atomic E-state index is 13.8. The van der Waals surface area contributed by atoms with E-state index in [0.29, 0.717) is 26.3 Å². The summed E-state index contributed by atoms with van der Waals surface area (Å²) in [7, 11) is -3.82. The Kier molecular flexibility index (Phi) is 6.06. The van der Waals surface area contributed by atoms with E-state index in [4.69, 9.17) is 9.47 Å². The van der Waals surface area contributed by atoms with Gasteiger partial charge in [0.2, 0.25) is 15.9 Å². The number of hydrogen-bond donors (Lipinski definition) is 1. The number of rotatable bonds is 5. The molecule has 5 rings (SSSR count). The Balaban J connectivity index is 1.46. The summed E-state index contributed by atoms with van der Waals surface area (Å²) < 4.78 is 40.4. The van der Waals surface area contributed by atoms with Crippen molar-refractivity contribution >= 4 is 15.9 Å². The van der Waals surface area contributed by atoms with Crippen LogP contribution in [0.25, 0.3) is 0 Å². The lowest BCUT2D eigenvalue weighted by Crippen LogP contribution is -2.55. The van der Waals surface area contributed by atoms with Crippen LogP contribution in [0.2, 0.25) is 0 Å². The van der Waals surface area contributed by atoms with Gasteiger partial charge in [0.05, 0.1) is 4.90 Å². The van der Waals surface area contributed by atoms with Crippen molar-refractivity contribution in [3.8, 4) is 11.5 Å². The number of amides is 1. The minimum Gasteiger partial charge on any atom is -0.486 e. The van der Waals surface area contributed by atoms with Gasteiger partial charge < -0.3 is 14.4 Å². The molecule has 2 aliphatic heterocycles.